The number of hydrogen-bond donors (Lipinski definition) is 2. The average molecular weight is 306 g/mol. The first kappa shape index (κ1) is 12.9. The number of benzene rings is 1. The van der Waals surface area contributed by atoms with E-state index in [4.69, 9.17) is 5.73 Å². The number of nitrogen functional groups attached to an aromatic ring is 1. The number of nitrogens with two attached hydrogens (primary N) is 1. The van der Waals surface area contributed by atoms with Crippen molar-refractivity contribution < 1.29 is 0 Å². The van der Waals surface area contributed by atoms with E-state index in [-0.39, 0.29) is 0 Å². The molecule has 0 aliphatic heterocycles. The minimum Gasteiger partial charge on any atom is -0.397 e. The van der Waals surface area contributed by atoms with E-state index in [0.717, 1.165) is 23.3 Å². The van der Waals surface area contributed by atoms with E-state index < -0.39 is 0 Å². The molecule has 0 saturated heterocycles. The van der Waals surface area contributed by atoms with Gasteiger partial charge in [-0.1, -0.05) is 31.2 Å². The van der Waals surface area contributed by atoms with Crippen LogP contribution in [0.25, 0.3) is 0 Å². The summed E-state index contributed by atoms with van der Waals surface area (Å²) in [7, 11) is 0. The molecule has 0 amide bonds. The molecule has 0 bridgehead atoms. The topological polar surface area (TPSA) is 50.9 Å². The number of halogens is 1. The van der Waals surface area contributed by atoms with Crippen molar-refractivity contribution in [3.8, 4) is 0 Å². The lowest BCUT2D eigenvalue weighted by Crippen LogP contribution is -2.02. The van der Waals surface area contributed by atoms with E-state index in [0.29, 0.717) is 5.69 Å². The Morgan fingerprint density at radius 2 is 1.89 bits per heavy atom. The standard InChI is InChI=1S/C14H16BrN3/c1-2-10-3-5-11(6-4-10)8-17-14-13(15)7-12(16)9-18-14/h3-7,9H,2,8,16H2,1H3,(H,17,18). The molecule has 3 N–H and O–H groups in total. The maximum absolute atomic E-state index is 5.65. The molecule has 0 unspecified atom stereocenters. The van der Waals surface area contributed by atoms with E-state index in [2.05, 4.69) is 57.4 Å². The summed E-state index contributed by atoms with van der Waals surface area (Å²) < 4.78 is 0.882. The van der Waals surface area contributed by atoms with E-state index >= 15 is 0 Å². The fourth-order valence-electron chi connectivity index (χ4n) is 1.66. The van der Waals surface area contributed by atoms with Gasteiger partial charge in [0.15, 0.2) is 0 Å². The van der Waals surface area contributed by atoms with E-state index in [1.165, 1.54) is 11.1 Å². The van der Waals surface area contributed by atoms with Gasteiger partial charge in [-0.2, -0.15) is 0 Å². The molecular formula is C14H16BrN3. The van der Waals surface area contributed by atoms with Crippen molar-refractivity contribution >= 4 is 27.4 Å². The first-order valence-electron chi connectivity index (χ1n) is 5.91. The Morgan fingerprint density at radius 1 is 1.22 bits per heavy atom. The molecule has 0 aliphatic carbocycles. The van der Waals surface area contributed by atoms with Gasteiger partial charge >= 0.3 is 0 Å². The normalized spacial score (nSPS) is 10.3. The van der Waals surface area contributed by atoms with E-state index in [1.54, 1.807) is 6.20 Å². The highest BCUT2D eigenvalue weighted by atomic mass is 79.9. The fraction of sp³-hybridized carbons (Fsp3) is 0.214. The number of pyridine rings is 1. The smallest absolute Gasteiger partial charge is 0.140 e. The second-order valence-electron chi connectivity index (χ2n) is 4.12. The minimum atomic E-state index is 0.653. The number of aryl methyl sites for hydroxylation is 1. The van der Waals surface area contributed by atoms with E-state index in [1.807, 2.05) is 6.07 Å². The Balaban J connectivity index is 2.02. The molecule has 0 radical (unpaired) electrons. The summed E-state index contributed by atoms with van der Waals surface area (Å²) in [4.78, 5) is 4.24. The monoisotopic (exact) mass is 305 g/mol. The molecule has 2 aromatic rings. The van der Waals surface area contributed by atoms with Crippen LogP contribution in [0.3, 0.4) is 0 Å². The van der Waals surface area contributed by atoms with Gasteiger partial charge in [0, 0.05) is 6.54 Å². The highest BCUT2D eigenvalue weighted by molar-refractivity contribution is 9.10. The van der Waals surface area contributed by atoms with Crippen molar-refractivity contribution in [2.24, 2.45) is 0 Å². The Bertz CT molecular complexity index is 523. The highest BCUT2D eigenvalue weighted by Crippen LogP contribution is 2.22. The van der Waals surface area contributed by atoms with Crippen LogP contribution in [0, 0.1) is 0 Å². The van der Waals surface area contributed by atoms with Gasteiger partial charge in [-0.25, -0.2) is 4.98 Å². The lowest BCUT2D eigenvalue weighted by atomic mass is 10.1. The van der Waals surface area contributed by atoms with Crippen LogP contribution in [0.1, 0.15) is 18.1 Å². The molecule has 94 valence electrons. The maximum Gasteiger partial charge on any atom is 0.140 e. The molecule has 0 aliphatic rings. The summed E-state index contributed by atoms with van der Waals surface area (Å²) >= 11 is 3.44. The van der Waals surface area contributed by atoms with Gasteiger partial charge in [0.25, 0.3) is 0 Å². The van der Waals surface area contributed by atoms with Crippen molar-refractivity contribution in [3.05, 3.63) is 52.1 Å². The molecule has 4 heteroatoms. The first-order chi connectivity index (χ1) is 8.69. The van der Waals surface area contributed by atoms with Gasteiger partial charge in [-0.15, -0.1) is 0 Å². The third-order valence-electron chi connectivity index (χ3n) is 2.75. The largest absolute Gasteiger partial charge is 0.397 e. The minimum absolute atomic E-state index is 0.653. The van der Waals surface area contributed by atoms with Crippen molar-refractivity contribution in [2.75, 3.05) is 11.1 Å². The average Bonchev–Trinajstić information content (AvgIpc) is 2.38. The van der Waals surface area contributed by atoms with Gasteiger partial charge in [-0.3, -0.25) is 0 Å². The predicted molar refractivity (Wildman–Crippen MR) is 79.5 cm³/mol. The number of rotatable bonds is 4. The zero-order chi connectivity index (χ0) is 13.0. The lowest BCUT2D eigenvalue weighted by Gasteiger charge is -2.08. The third-order valence-corrected chi connectivity index (χ3v) is 3.36. The van der Waals surface area contributed by atoms with E-state index in [9.17, 15) is 0 Å². The second kappa shape index (κ2) is 5.87. The highest BCUT2D eigenvalue weighted by Gasteiger charge is 2.01. The van der Waals surface area contributed by atoms with Crippen molar-refractivity contribution in [1.29, 1.82) is 0 Å². The molecule has 0 saturated carbocycles. The molecule has 1 aromatic carbocycles. The predicted octanol–water partition coefficient (Wildman–Crippen LogP) is 3.60. The van der Waals surface area contributed by atoms with Crippen LogP contribution in [0.4, 0.5) is 11.5 Å². The maximum atomic E-state index is 5.65. The second-order valence-corrected chi connectivity index (χ2v) is 4.98. The summed E-state index contributed by atoms with van der Waals surface area (Å²) in [6, 6.07) is 10.4. The number of hydrogen-bond acceptors (Lipinski definition) is 3. The van der Waals surface area contributed by atoms with Crippen molar-refractivity contribution in [2.45, 2.75) is 19.9 Å². The zero-order valence-electron chi connectivity index (χ0n) is 10.3. The molecule has 1 heterocycles. The van der Waals surface area contributed by atoms with Crippen LogP contribution in [0.5, 0.6) is 0 Å². The van der Waals surface area contributed by atoms with Gasteiger partial charge < -0.3 is 11.1 Å². The number of anilines is 2. The third kappa shape index (κ3) is 3.23. The van der Waals surface area contributed by atoms with Crippen LogP contribution in [0.15, 0.2) is 41.0 Å². The molecule has 18 heavy (non-hydrogen) atoms. The quantitative estimate of drug-likeness (QED) is 0.907. The summed E-state index contributed by atoms with van der Waals surface area (Å²) in [6.45, 7) is 2.90. The van der Waals surface area contributed by atoms with Gasteiger partial charge in [0.1, 0.15) is 5.82 Å². The van der Waals surface area contributed by atoms with Crippen LogP contribution in [0.2, 0.25) is 0 Å². The van der Waals surface area contributed by atoms with Crippen LogP contribution in [-0.4, -0.2) is 4.98 Å². The molecule has 0 spiro atoms. The molecular weight excluding hydrogens is 290 g/mol. The summed E-state index contributed by atoms with van der Waals surface area (Å²) in [5, 5.41) is 3.28. The zero-order valence-corrected chi connectivity index (χ0v) is 11.9. The number of nitrogens with zero attached hydrogens (tertiary/aromatic N) is 1. The Morgan fingerprint density at radius 3 is 2.50 bits per heavy atom. The van der Waals surface area contributed by atoms with Gasteiger partial charge in [-0.05, 0) is 39.5 Å². The van der Waals surface area contributed by atoms with Gasteiger partial charge in [0.05, 0.1) is 16.4 Å². The molecule has 2 rings (SSSR count). The van der Waals surface area contributed by atoms with Crippen molar-refractivity contribution in [1.82, 2.24) is 4.98 Å². The summed E-state index contributed by atoms with van der Waals surface area (Å²) in [5.74, 6) is 0.809. The molecule has 0 fully saturated rings. The fourth-order valence-corrected chi connectivity index (χ4v) is 2.17. The van der Waals surface area contributed by atoms with Crippen LogP contribution in [-0.2, 0) is 13.0 Å². The molecule has 3 nitrogen and oxygen atoms in total. The first-order valence-corrected chi connectivity index (χ1v) is 6.71. The number of aromatic nitrogens is 1. The Labute approximate surface area is 116 Å². The summed E-state index contributed by atoms with van der Waals surface area (Å²) in [6.07, 6.45) is 2.71. The van der Waals surface area contributed by atoms with Crippen molar-refractivity contribution in [3.63, 3.8) is 0 Å². The van der Waals surface area contributed by atoms with Crippen LogP contribution < -0.4 is 11.1 Å². The molecule has 0 atom stereocenters. The van der Waals surface area contributed by atoms with Gasteiger partial charge in [0.2, 0.25) is 0 Å². The SMILES string of the molecule is CCc1ccc(CNc2ncc(N)cc2Br)cc1. The summed E-state index contributed by atoms with van der Waals surface area (Å²) in [5.41, 5.74) is 8.89. The lowest BCUT2D eigenvalue weighted by molar-refractivity contribution is 1.09. The molecule has 1 aromatic heterocycles. The van der Waals surface area contributed by atoms with Crippen LogP contribution >= 0.6 is 15.9 Å². The Kier molecular flexibility index (Phi) is 4.20. The Hall–Kier alpha value is -1.55. The number of nitrogens with one attached hydrogen (secondary N) is 1.